The van der Waals surface area contributed by atoms with E-state index in [2.05, 4.69) is 17.5 Å². The molecular formula is C14H23NO2. The van der Waals surface area contributed by atoms with Crippen LogP contribution < -0.4 is 5.32 Å². The highest BCUT2D eigenvalue weighted by molar-refractivity contribution is 5.76. The molecule has 1 amide bonds. The van der Waals surface area contributed by atoms with E-state index in [0.29, 0.717) is 18.9 Å². The van der Waals surface area contributed by atoms with Crippen molar-refractivity contribution in [2.75, 3.05) is 13.2 Å². The molecule has 1 fully saturated rings. The maximum atomic E-state index is 11.8. The normalized spacial score (nSPS) is 26.3. The summed E-state index contributed by atoms with van der Waals surface area (Å²) in [5.41, 5.74) is -0.0266. The molecule has 2 rings (SSSR count). The number of hydrogen-bond acceptors (Lipinski definition) is 2. The predicted octanol–water partition coefficient (Wildman–Crippen LogP) is 2.01. The van der Waals surface area contributed by atoms with E-state index in [-0.39, 0.29) is 17.9 Å². The lowest BCUT2D eigenvalue weighted by Crippen LogP contribution is -2.38. The Hall–Kier alpha value is -0.830. The Kier molecular flexibility index (Phi) is 4.21. The third kappa shape index (κ3) is 3.32. The Bertz CT molecular complexity index is 293. The van der Waals surface area contributed by atoms with E-state index in [4.69, 9.17) is 0 Å². The number of aliphatic hydroxyl groups excluding tert-OH is 1. The molecule has 0 saturated heterocycles. The molecule has 2 aliphatic carbocycles. The highest BCUT2D eigenvalue weighted by atomic mass is 16.3. The zero-order valence-corrected chi connectivity index (χ0v) is 10.5. The molecule has 1 saturated carbocycles. The molecule has 3 nitrogen and oxygen atoms in total. The Morgan fingerprint density at radius 3 is 2.76 bits per heavy atom. The van der Waals surface area contributed by atoms with Gasteiger partial charge in [0.1, 0.15) is 0 Å². The number of amides is 1. The SMILES string of the molecule is O=C(C[C@H]1C=CCC1)NCC1(CO)CCCC1. The average Bonchev–Trinajstić information content (AvgIpc) is 2.98. The topological polar surface area (TPSA) is 49.3 Å². The second kappa shape index (κ2) is 5.67. The van der Waals surface area contributed by atoms with Crippen molar-refractivity contribution in [3.05, 3.63) is 12.2 Å². The number of hydrogen-bond donors (Lipinski definition) is 2. The van der Waals surface area contributed by atoms with Crippen LogP contribution in [0.4, 0.5) is 0 Å². The molecule has 0 aromatic rings. The molecule has 0 unspecified atom stereocenters. The van der Waals surface area contributed by atoms with Gasteiger partial charge in [-0.05, 0) is 31.6 Å². The molecular weight excluding hydrogens is 214 g/mol. The fraction of sp³-hybridized carbons (Fsp3) is 0.786. The van der Waals surface area contributed by atoms with Crippen molar-refractivity contribution in [2.45, 2.75) is 44.9 Å². The van der Waals surface area contributed by atoms with Crippen LogP contribution in [0.25, 0.3) is 0 Å². The lowest BCUT2D eigenvalue weighted by atomic mass is 9.87. The summed E-state index contributed by atoms with van der Waals surface area (Å²) in [6.45, 7) is 0.857. The van der Waals surface area contributed by atoms with E-state index in [1.807, 2.05) is 0 Å². The van der Waals surface area contributed by atoms with E-state index in [9.17, 15) is 9.90 Å². The fourth-order valence-corrected chi connectivity index (χ4v) is 2.98. The third-order valence-electron chi connectivity index (χ3n) is 4.22. The molecule has 2 aliphatic rings. The van der Waals surface area contributed by atoms with Gasteiger partial charge in [0.05, 0.1) is 6.61 Å². The van der Waals surface area contributed by atoms with Gasteiger partial charge in [0.25, 0.3) is 0 Å². The summed E-state index contributed by atoms with van der Waals surface area (Å²) in [5.74, 6) is 0.574. The van der Waals surface area contributed by atoms with Crippen LogP contribution in [-0.2, 0) is 4.79 Å². The number of rotatable bonds is 5. The molecule has 0 bridgehead atoms. The van der Waals surface area contributed by atoms with E-state index < -0.39 is 0 Å². The Labute approximate surface area is 103 Å². The second-order valence-corrected chi connectivity index (χ2v) is 5.61. The van der Waals surface area contributed by atoms with Gasteiger partial charge in [0.2, 0.25) is 5.91 Å². The maximum Gasteiger partial charge on any atom is 0.220 e. The van der Waals surface area contributed by atoms with Crippen molar-refractivity contribution in [3.63, 3.8) is 0 Å². The number of nitrogens with one attached hydrogen (secondary N) is 1. The first-order valence-electron chi connectivity index (χ1n) is 6.78. The molecule has 0 heterocycles. The van der Waals surface area contributed by atoms with Gasteiger partial charge in [-0.15, -0.1) is 0 Å². The molecule has 2 N–H and O–H groups in total. The summed E-state index contributed by atoms with van der Waals surface area (Å²) in [5, 5.41) is 12.5. The zero-order chi connectivity index (χ0) is 12.1. The molecule has 1 atom stereocenters. The Morgan fingerprint density at radius 2 is 2.18 bits per heavy atom. The van der Waals surface area contributed by atoms with Crippen LogP contribution in [0.1, 0.15) is 44.9 Å². The van der Waals surface area contributed by atoms with Gasteiger partial charge in [-0.25, -0.2) is 0 Å². The van der Waals surface area contributed by atoms with Crippen LogP contribution >= 0.6 is 0 Å². The van der Waals surface area contributed by atoms with Gasteiger partial charge in [-0.1, -0.05) is 25.0 Å². The summed E-state index contributed by atoms with van der Waals surface area (Å²) in [6, 6.07) is 0. The fourth-order valence-electron chi connectivity index (χ4n) is 2.98. The highest BCUT2D eigenvalue weighted by Gasteiger charge is 2.33. The number of aliphatic hydroxyl groups is 1. The minimum atomic E-state index is -0.0266. The van der Waals surface area contributed by atoms with E-state index >= 15 is 0 Å². The monoisotopic (exact) mass is 237 g/mol. The molecule has 17 heavy (non-hydrogen) atoms. The summed E-state index contributed by atoms with van der Waals surface area (Å²) >= 11 is 0. The standard InChI is InChI=1S/C14H23NO2/c16-11-14(7-3-4-8-14)10-15-13(17)9-12-5-1-2-6-12/h1,5,12,16H,2-4,6-11H2,(H,15,17)/t12-/m0/s1. The highest BCUT2D eigenvalue weighted by Crippen LogP contribution is 2.36. The molecule has 0 aliphatic heterocycles. The predicted molar refractivity (Wildman–Crippen MR) is 67.5 cm³/mol. The molecule has 0 radical (unpaired) electrons. The van der Waals surface area contributed by atoms with Crippen molar-refractivity contribution in [3.8, 4) is 0 Å². The molecule has 0 aromatic carbocycles. The van der Waals surface area contributed by atoms with Crippen LogP contribution in [-0.4, -0.2) is 24.2 Å². The van der Waals surface area contributed by atoms with Gasteiger partial charge in [0.15, 0.2) is 0 Å². The van der Waals surface area contributed by atoms with Crippen LogP contribution in [0.2, 0.25) is 0 Å². The first-order valence-corrected chi connectivity index (χ1v) is 6.78. The lowest BCUT2D eigenvalue weighted by Gasteiger charge is -2.26. The summed E-state index contributed by atoms with van der Waals surface area (Å²) < 4.78 is 0. The summed E-state index contributed by atoms with van der Waals surface area (Å²) in [6.07, 6.45) is 11.6. The van der Waals surface area contributed by atoms with Gasteiger partial charge in [0, 0.05) is 18.4 Å². The van der Waals surface area contributed by atoms with Crippen LogP contribution in [0.5, 0.6) is 0 Å². The van der Waals surface area contributed by atoms with Crippen LogP contribution in [0.15, 0.2) is 12.2 Å². The van der Waals surface area contributed by atoms with Gasteiger partial charge in [-0.2, -0.15) is 0 Å². The minimum Gasteiger partial charge on any atom is -0.396 e. The smallest absolute Gasteiger partial charge is 0.220 e. The molecule has 0 aromatic heterocycles. The largest absolute Gasteiger partial charge is 0.396 e. The van der Waals surface area contributed by atoms with Gasteiger partial charge in [-0.3, -0.25) is 4.79 Å². The molecule has 0 spiro atoms. The van der Waals surface area contributed by atoms with Crippen molar-refractivity contribution >= 4 is 5.91 Å². The van der Waals surface area contributed by atoms with Crippen LogP contribution in [0.3, 0.4) is 0 Å². The van der Waals surface area contributed by atoms with Crippen LogP contribution in [0, 0.1) is 11.3 Å². The number of carbonyl (C=O) groups is 1. The zero-order valence-electron chi connectivity index (χ0n) is 10.5. The maximum absolute atomic E-state index is 11.8. The summed E-state index contributed by atoms with van der Waals surface area (Å²) in [7, 11) is 0. The van der Waals surface area contributed by atoms with Gasteiger partial charge >= 0.3 is 0 Å². The quantitative estimate of drug-likeness (QED) is 0.719. The first-order chi connectivity index (χ1) is 8.24. The Balaban J connectivity index is 1.73. The Morgan fingerprint density at radius 1 is 1.41 bits per heavy atom. The van der Waals surface area contributed by atoms with E-state index in [1.165, 1.54) is 12.8 Å². The van der Waals surface area contributed by atoms with Crippen molar-refractivity contribution < 1.29 is 9.90 Å². The van der Waals surface area contributed by atoms with Gasteiger partial charge < -0.3 is 10.4 Å². The van der Waals surface area contributed by atoms with E-state index in [1.54, 1.807) is 0 Å². The van der Waals surface area contributed by atoms with Crippen molar-refractivity contribution in [1.29, 1.82) is 0 Å². The summed E-state index contributed by atoms with van der Waals surface area (Å²) in [4.78, 5) is 11.8. The number of allylic oxidation sites excluding steroid dienone is 2. The molecule has 3 heteroatoms. The van der Waals surface area contributed by atoms with Crippen molar-refractivity contribution in [2.24, 2.45) is 11.3 Å². The lowest BCUT2D eigenvalue weighted by molar-refractivity contribution is -0.122. The van der Waals surface area contributed by atoms with E-state index in [0.717, 1.165) is 25.7 Å². The third-order valence-corrected chi connectivity index (χ3v) is 4.22. The second-order valence-electron chi connectivity index (χ2n) is 5.61. The first kappa shape index (κ1) is 12.6. The number of carbonyl (C=O) groups excluding carboxylic acids is 1. The van der Waals surface area contributed by atoms with Crippen molar-refractivity contribution in [1.82, 2.24) is 5.32 Å². The molecule has 96 valence electrons. The minimum absolute atomic E-state index is 0.0266. The average molecular weight is 237 g/mol.